The standard InChI is InChI=1S/C14H24N2O3S/c1-2-20(18,19)16-5-3-13(4-6-16)15-14(17)12-8-10-7-11(10)9-12/h10-13H,2-9H2,1H3,(H,15,17). The van der Waals surface area contributed by atoms with E-state index in [9.17, 15) is 13.2 Å². The summed E-state index contributed by atoms with van der Waals surface area (Å²) in [5.74, 6) is 2.23. The first-order chi connectivity index (χ1) is 9.49. The van der Waals surface area contributed by atoms with Gasteiger partial charge in [-0.15, -0.1) is 0 Å². The molecule has 1 amide bonds. The molecule has 20 heavy (non-hydrogen) atoms. The average Bonchev–Trinajstić information content (AvgIpc) is 3.05. The molecule has 1 aliphatic heterocycles. The number of piperidine rings is 1. The molecule has 1 heterocycles. The molecule has 2 saturated carbocycles. The van der Waals surface area contributed by atoms with Crippen LogP contribution in [0, 0.1) is 17.8 Å². The molecule has 0 bridgehead atoms. The van der Waals surface area contributed by atoms with E-state index in [4.69, 9.17) is 0 Å². The van der Waals surface area contributed by atoms with E-state index in [2.05, 4.69) is 5.32 Å². The molecule has 0 aromatic heterocycles. The average molecular weight is 300 g/mol. The maximum atomic E-state index is 12.2. The van der Waals surface area contributed by atoms with Gasteiger partial charge in [-0.1, -0.05) is 0 Å². The summed E-state index contributed by atoms with van der Waals surface area (Å²) in [6, 6.07) is 0.155. The largest absolute Gasteiger partial charge is 0.353 e. The van der Waals surface area contributed by atoms with Crippen molar-refractivity contribution in [3.05, 3.63) is 0 Å². The van der Waals surface area contributed by atoms with Crippen LogP contribution in [0.4, 0.5) is 0 Å². The molecule has 2 atom stereocenters. The summed E-state index contributed by atoms with van der Waals surface area (Å²) in [5, 5.41) is 3.13. The summed E-state index contributed by atoms with van der Waals surface area (Å²) in [4.78, 5) is 12.2. The fourth-order valence-corrected chi connectivity index (χ4v) is 4.84. The molecule has 3 aliphatic rings. The minimum atomic E-state index is -3.07. The molecule has 2 aliphatic carbocycles. The van der Waals surface area contributed by atoms with Crippen LogP contribution in [0.25, 0.3) is 0 Å². The Balaban J connectivity index is 1.45. The molecule has 0 aromatic rings. The highest BCUT2D eigenvalue weighted by Crippen LogP contribution is 2.54. The van der Waals surface area contributed by atoms with Crippen molar-refractivity contribution in [3.63, 3.8) is 0 Å². The Kier molecular flexibility index (Phi) is 3.79. The number of carbonyl (C=O) groups excluding carboxylic acids is 1. The number of sulfonamides is 1. The predicted octanol–water partition coefficient (Wildman–Crippen LogP) is 0.963. The fourth-order valence-electron chi connectivity index (χ4n) is 3.71. The number of hydrogen-bond acceptors (Lipinski definition) is 3. The molecule has 0 radical (unpaired) electrons. The third-order valence-corrected chi connectivity index (χ3v) is 7.05. The number of carbonyl (C=O) groups is 1. The third kappa shape index (κ3) is 2.86. The second kappa shape index (κ2) is 5.30. The van der Waals surface area contributed by atoms with Crippen LogP contribution in [0.15, 0.2) is 0 Å². The van der Waals surface area contributed by atoms with Crippen LogP contribution in [-0.2, 0) is 14.8 Å². The summed E-state index contributed by atoms with van der Waals surface area (Å²) in [7, 11) is -3.07. The number of nitrogens with zero attached hydrogens (tertiary/aromatic N) is 1. The maximum absolute atomic E-state index is 12.2. The van der Waals surface area contributed by atoms with Crippen molar-refractivity contribution in [1.82, 2.24) is 9.62 Å². The fraction of sp³-hybridized carbons (Fsp3) is 0.929. The van der Waals surface area contributed by atoms with Crippen LogP contribution in [0.2, 0.25) is 0 Å². The Morgan fingerprint density at radius 1 is 1.15 bits per heavy atom. The summed E-state index contributed by atoms with van der Waals surface area (Å²) in [6.45, 7) is 2.75. The zero-order valence-corrected chi connectivity index (χ0v) is 12.9. The molecule has 1 N–H and O–H groups in total. The van der Waals surface area contributed by atoms with Crippen molar-refractivity contribution in [2.24, 2.45) is 17.8 Å². The van der Waals surface area contributed by atoms with Gasteiger partial charge in [-0.25, -0.2) is 12.7 Å². The van der Waals surface area contributed by atoms with Crippen LogP contribution < -0.4 is 5.32 Å². The molecular formula is C14H24N2O3S. The van der Waals surface area contributed by atoms with Gasteiger partial charge in [0.1, 0.15) is 0 Å². The Labute approximate surface area is 121 Å². The van der Waals surface area contributed by atoms with Gasteiger partial charge < -0.3 is 5.32 Å². The van der Waals surface area contributed by atoms with Crippen molar-refractivity contribution in [2.75, 3.05) is 18.8 Å². The first-order valence-corrected chi connectivity index (χ1v) is 9.38. The Morgan fingerprint density at radius 3 is 2.30 bits per heavy atom. The first kappa shape index (κ1) is 14.3. The zero-order valence-electron chi connectivity index (χ0n) is 12.0. The van der Waals surface area contributed by atoms with E-state index in [1.807, 2.05) is 0 Å². The molecule has 1 saturated heterocycles. The monoisotopic (exact) mass is 300 g/mol. The van der Waals surface area contributed by atoms with Gasteiger partial charge in [-0.2, -0.15) is 0 Å². The van der Waals surface area contributed by atoms with Crippen LogP contribution in [-0.4, -0.2) is 43.5 Å². The lowest BCUT2D eigenvalue weighted by Gasteiger charge is -2.32. The maximum Gasteiger partial charge on any atom is 0.223 e. The first-order valence-electron chi connectivity index (χ1n) is 7.77. The van der Waals surface area contributed by atoms with Gasteiger partial charge in [0, 0.05) is 25.0 Å². The molecule has 3 rings (SSSR count). The SMILES string of the molecule is CCS(=O)(=O)N1CCC(NC(=O)C2CC3CC3C2)CC1. The summed E-state index contributed by atoms with van der Waals surface area (Å²) in [5.41, 5.74) is 0. The molecule has 6 heteroatoms. The van der Waals surface area contributed by atoms with Crippen LogP contribution in [0.5, 0.6) is 0 Å². The van der Waals surface area contributed by atoms with Gasteiger partial charge >= 0.3 is 0 Å². The lowest BCUT2D eigenvalue weighted by atomic mass is 10.0. The molecular weight excluding hydrogens is 276 g/mol. The Hall–Kier alpha value is -0.620. The highest BCUT2D eigenvalue weighted by Gasteiger charge is 2.48. The third-order valence-electron chi connectivity index (χ3n) is 5.17. The highest BCUT2D eigenvalue weighted by molar-refractivity contribution is 7.89. The van der Waals surface area contributed by atoms with Crippen molar-refractivity contribution < 1.29 is 13.2 Å². The summed E-state index contributed by atoms with van der Waals surface area (Å²) >= 11 is 0. The van der Waals surface area contributed by atoms with E-state index in [0.29, 0.717) is 13.1 Å². The zero-order chi connectivity index (χ0) is 14.3. The van der Waals surface area contributed by atoms with Crippen LogP contribution in [0.1, 0.15) is 39.0 Å². The molecule has 0 aromatic carbocycles. The lowest BCUT2D eigenvalue weighted by molar-refractivity contribution is -0.126. The quantitative estimate of drug-likeness (QED) is 0.841. The van der Waals surface area contributed by atoms with E-state index in [0.717, 1.165) is 37.5 Å². The number of amides is 1. The number of nitrogens with one attached hydrogen (secondary N) is 1. The second-order valence-electron chi connectivity index (χ2n) is 6.51. The van der Waals surface area contributed by atoms with Gasteiger partial charge in [0.15, 0.2) is 0 Å². The smallest absolute Gasteiger partial charge is 0.223 e. The molecule has 2 unspecified atom stereocenters. The minimum absolute atomic E-state index is 0.155. The number of rotatable bonds is 4. The second-order valence-corrected chi connectivity index (χ2v) is 8.76. The van der Waals surface area contributed by atoms with Crippen LogP contribution in [0.3, 0.4) is 0 Å². The van der Waals surface area contributed by atoms with Crippen molar-refractivity contribution in [1.29, 1.82) is 0 Å². The predicted molar refractivity (Wildman–Crippen MR) is 76.5 cm³/mol. The number of fused-ring (bicyclic) bond motifs is 1. The van der Waals surface area contributed by atoms with E-state index < -0.39 is 10.0 Å². The van der Waals surface area contributed by atoms with Gasteiger partial charge in [0.05, 0.1) is 5.75 Å². The molecule has 3 fully saturated rings. The lowest BCUT2D eigenvalue weighted by Crippen LogP contribution is -2.48. The van der Waals surface area contributed by atoms with E-state index in [1.54, 1.807) is 11.2 Å². The molecule has 0 spiro atoms. The van der Waals surface area contributed by atoms with E-state index in [-0.39, 0.29) is 23.6 Å². The van der Waals surface area contributed by atoms with Crippen LogP contribution >= 0.6 is 0 Å². The Bertz CT molecular complexity index is 473. The number of hydrogen-bond donors (Lipinski definition) is 1. The summed E-state index contributed by atoms with van der Waals surface area (Å²) < 4.78 is 25.1. The van der Waals surface area contributed by atoms with E-state index in [1.165, 1.54) is 6.42 Å². The summed E-state index contributed by atoms with van der Waals surface area (Å²) in [6.07, 6.45) is 4.95. The highest BCUT2D eigenvalue weighted by atomic mass is 32.2. The van der Waals surface area contributed by atoms with Crippen molar-refractivity contribution in [2.45, 2.75) is 45.1 Å². The van der Waals surface area contributed by atoms with Gasteiger partial charge in [0.25, 0.3) is 0 Å². The normalized spacial score (nSPS) is 34.8. The van der Waals surface area contributed by atoms with E-state index >= 15 is 0 Å². The van der Waals surface area contributed by atoms with Gasteiger partial charge in [0.2, 0.25) is 15.9 Å². The van der Waals surface area contributed by atoms with Gasteiger partial charge in [-0.3, -0.25) is 4.79 Å². The minimum Gasteiger partial charge on any atom is -0.353 e. The molecule has 5 nitrogen and oxygen atoms in total. The Morgan fingerprint density at radius 2 is 1.75 bits per heavy atom. The topological polar surface area (TPSA) is 66.5 Å². The molecule has 114 valence electrons. The van der Waals surface area contributed by atoms with Crippen molar-refractivity contribution >= 4 is 15.9 Å². The van der Waals surface area contributed by atoms with Gasteiger partial charge in [-0.05, 0) is 50.9 Å². The van der Waals surface area contributed by atoms with Crippen molar-refractivity contribution in [3.8, 4) is 0 Å².